The molecule has 0 radical (unpaired) electrons. The first-order valence-corrected chi connectivity index (χ1v) is 14.9. The molecule has 0 aromatic heterocycles. The zero-order chi connectivity index (χ0) is 18.3. The Balaban J connectivity index is 2.86. The summed E-state index contributed by atoms with van der Waals surface area (Å²) < 4.78 is 12.4. The van der Waals surface area contributed by atoms with Crippen LogP contribution in [0.2, 0.25) is 39.3 Å². The van der Waals surface area contributed by atoms with Gasteiger partial charge in [0.1, 0.15) is 17.1 Å². The number of carbonyl (C=O) groups is 1. The molecule has 0 saturated carbocycles. The van der Waals surface area contributed by atoms with E-state index in [2.05, 4.69) is 19.6 Å². The highest BCUT2D eigenvalue weighted by atomic mass is 28.4. The van der Waals surface area contributed by atoms with Gasteiger partial charge in [-0.25, -0.2) is 4.79 Å². The largest absolute Gasteiger partial charge is 0.544 e. The van der Waals surface area contributed by atoms with Gasteiger partial charge in [0.15, 0.2) is 0 Å². The molecule has 130 valence electrons. The first kappa shape index (κ1) is 18.5. The van der Waals surface area contributed by atoms with Gasteiger partial charge in [0.05, 0.1) is 0 Å². The van der Waals surface area contributed by atoms with Gasteiger partial charge in [-0.15, -0.1) is 0 Å². The summed E-state index contributed by atoms with van der Waals surface area (Å²) in [5.74, 6) is 0.109. The summed E-state index contributed by atoms with van der Waals surface area (Å²) in [7, 11) is -3.85. The van der Waals surface area contributed by atoms with E-state index in [0.29, 0.717) is 11.5 Å². The molecule has 2 rings (SSSR count). The van der Waals surface area contributed by atoms with Crippen LogP contribution in [0.5, 0.6) is 11.5 Å². The molecule has 0 bridgehead atoms. The Morgan fingerprint density at radius 1 is 1.00 bits per heavy atom. The Morgan fingerprint density at radius 3 is 2.08 bits per heavy atom. The van der Waals surface area contributed by atoms with E-state index < -0.39 is 22.6 Å². The van der Waals surface area contributed by atoms with Crippen molar-refractivity contribution >= 4 is 33.4 Å². The smallest absolute Gasteiger partial charge is 0.339 e. The van der Waals surface area contributed by atoms with E-state index in [1.807, 2.05) is 44.8 Å². The van der Waals surface area contributed by atoms with E-state index in [-0.39, 0.29) is 5.56 Å². The van der Waals surface area contributed by atoms with Crippen molar-refractivity contribution in [3.05, 3.63) is 35.4 Å². The van der Waals surface area contributed by atoms with Gasteiger partial charge in [-0.05, 0) is 57.8 Å². The van der Waals surface area contributed by atoms with Gasteiger partial charge >= 0.3 is 5.97 Å². The topological polar surface area (TPSA) is 55.8 Å². The minimum Gasteiger partial charge on any atom is -0.544 e. The molecule has 2 aromatic carbocycles. The molecule has 0 saturated heterocycles. The average molecular weight is 363 g/mol. The van der Waals surface area contributed by atoms with Crippen LogP contribution >= 0.6 is 0 Å². The average Bonchev–Trinajstić information content (AvgIpc) is 2.37. The molecule has 0 atom stereocenters. The van der Waals surface area contributed by atoms with Crippen LogP contribution in [0.4, 0.5) is 0 Å². The van der Waals surface area contributed by atoms with Crippen molar-refractivity contribution in [2.45, 2.75) is 46.2 Å². The number of rotatable bonds is 5. The molecule has 0 aliphatic heterocycles. The van der Waals surface area contributed by atoms with Gasteiger partial charge in [-0.2, -0.15) is 0 Å². The fraction of sp³-hybridized carbons (Fsp3) is 0.389. The quantitative estimate of drug-likeness (QED) is 0.736. The first-order chi connectivity index (χ1) is 10.9. The molecule has 2 aromatic rings. The molecule has 0 aliphatic carbocycles. The first-order valence-electron chi connectivity index (χ1n) is 8.07. The molecule has 0 heterocycles. The third-order valence-corrected chi connectivity index (χ3v) is 4.99. The lowest BCUT2D eigenvalue weighted by Crippen LogP contribution is -2.31. The lowest BCUT2D eigenvalue weighted by molar-refractivity contribution is 0.0694. The van der Waals surface area contributed by atoms with Crippen molar-refractivity contribution in [2.75, 3.05) is 0 Å². The molecule has 0 fully saturated rings. The third-order valence-electron chi connectivity index (χ3n) is 3.34. The standard InChI is InChI=1S/C18H26O4Si2/c1-12-9-8-10-13-16(12)15(21-23(2,3)4)11-14(18(19)20)17(13)22-24(5,6)7/h8-11H,1-7H3,(H,19,20). The molecule has 0 aliphatic rings. The Labute approximate surface area is 145 Å². The van der Waals surface area contributed by atoms with E-state index in [1.54, 1.807) is 6.07 Å². The van der Waals surface area contributed by atoms with Gasteiger partial charge < -0.3 is 14.0 Å². The number of hydrogen-bond acceptors (Lipinski definition) is 3. The molecule has 24 heavy (non-hydrogen) atoms. The second-order valence-electron chi connectivity index (χ2n) is 7.98. The highest BCUT2D eigenvalue weighted by Crippen LogP contribution is 2.40. The Bertz CT molecular complexity index is 786. The monoisotopic (exact) mass is 362 g/mol. The van der Waals surface area contributed by atoms with E-state index in [0.717, 1.165) is 16.3 Å². The Hall–Kier alpha value is -1.80. The number of fused-ring (bicyclic) bond motifs is 1. The van der Waals surface area contributed by atoms with Crippen LogP contribution in [0, 0.1) is 6.92 Å². The van der Waals surface area contributed by atoms with Gasteiger partial charge in [0.2, 0.25) is 16.6 Å². The summed E-state index contributed by atoms with van der Waals surface area (Å²) >= 11 is 0. The second-order valence-corrected chi connectivity index (χ2v) is 16.8. The van der Waals surface area contributed by atoms with E-state index in [9.17, 15) is 9.90 Å². The lowest BCUT2D eigenvalue weighted by atomic mass is 10.0. The predicted octanol–water partition coefficient (Wildman–Crippen LogP) is 5.27. The van der Waals surface area contributed by atoms with Crippen molar-refractivity contribution in [3.63, 3.8) is 0 Å². The molecular weight excluding hydrogens is 336 g/mol. The maximum Gasteiger partial charge on any atom is 0.339 e. The van der Waals surface area contributed by atoms with E-state index in [1.165, 1.54) is 0 Å². The predicted molar refractivity (Wildman–Crippen MR) is 104 cm³/mol. The van der Waals surface area contributed by atoms with Crippen molar-refractivity contribution < 1.29 is 18.8 Å². The van der Waals surface area contributed by atoms with E-state index >= 15 is 0 Å². The van der Waals surface area contributed by atoms with Crippen molar-refractivity contribution in [2.24, 2.45) is 0 Å². The van der Waals surface area contributed by atoms with Crippen LogP contribution in [0.1, 0.15) is 15.9 Å². The van der Waals surface area contributed by atoms with Crippen molar-refractivity contribution in [1.82, 2.24) is 0 Å². The van der Waals surface area contributed by atoms with Gasteiger partial charge in [-0.1, -0.05) is 18.2 Å². The summed E-state index contributed by atoms with van der Waals surface area (Å²) in [6.45, 7) is 14.4. The number of hydrogen-bond donors (Lipinski definition) is 1. The number of carboxylic acids is 1. The zero-order valence-corrected chi connectivity index (χ0v) is 17.5. The zero-order valence-electron chi connectivity index (χ0n) is 15.5. The SMILES string of the molecule is Cc1cccc2c(O[Si](C)(C)C)c(C(=O)O)cc(O[Si](C)(C)C)c12. The summed E-state index contributed by atoms with van der Waals surface area (Å²) in [6, 6.07) is 7.49. The summed E-state index contributed by atoms with van der Waals surface area (Å²) in [4.78, 5) is 11.8. The molecule has 0 spiro atoms. The molecule has 4 nitrogen and oxygen atoms in total. The third kappa shape index (κ3) is 4.18. The van der Waals surface area contributed by atoms with Crippen molar-refractivity contribution in [1.29, 1.82) is 0 Å². The minimum atomic E-state index is -1.97. The fourth-order valence-corrected chi connectivity index (χ4v) is 4.24. The normalized spacial score (nSPS) is 12.3. The van der Waals surface area contributed by atoms with Crippen LogP contribution in [-0.4, -0.2) is 27.7 Å². The maximum atomic E-state index is 11.8. The van der Waals surface area contributed by atoms with Crippen molar-refractivity contribution in [3.8, 4) is 11.5 Å². The molecule has 0 amide bonds. The Kier molecular flexibility index (Phi) is 4.83. The number of aromatic carboxylic acids is 1. The second kappa shape index (κ2) is 6.25. The number of aryl methyl sites for hydroxylation is 1. The fourth-order valence-electron chi connectivity index (χ4n) is 2.58. The summed E-state index contributed by atoms with van der Waals surface area (Å²) in [6.07, 6.45) is 0. The minimum absolute atomic E-state index is 0.170. The van der Waals surface area contributed by atoms with Gasteiger partial charge in [0, 0.05) is 10.8 Å². The summed E-state index contributed by atoms with van der Waals surface area (Å²) in [5.41, 5.74) is 1.22. The molecule has 0 unspecified atom stereocenters. The number of benzene rings is 2. The molecular formula is C18H26O4Si2. The van der Waals surface area contributed by atoms with Gasteiger partial charge in [0.25, 0.3) is 0 Å². The summed E-state index contributed by atoms with van der Waals surface area (Å²) in [5, 5.41) is 11.5. The highest BCUT2D eigenvalue weighted by Gasteiger charge is 2.27. The van der Waals surface area contributed by atoms with Gasteiger partial charge in [-0.3, -0.25) is 0 Å². The van der Waals surface area contributed by atoms with Crippen LogP contribution in [0.3, 0.4) is 0 Å². The van der Waals surface area contributed by atoms with Crippen LogP contribution in [0.15, 0.2) is 24.3 Å². The number of carboxylic acid groups (broad SMARTS) is 1. The highest BCUT2D eigenvalue weighted by molar-refractivity contribution is 6.71. The van der Waals surface area contributed by atoms with Crippen LogP contribution in [0.25, 0.3) is 10.8 Å². The maximum absolute atomic E-state index is 11.8. The Morgan fingerprint density at radius 2 is 1.58 bits per heavy atom. The van der Waals surface area contributed by atoms with Crippen LogP contribution < -0.4 is 8.85 Å². The lowest BCUT2D eigenvalue weighted by Gasteiger charge is -2.26. The molecule has 6 heteroatoms. The van der Waals surface area contributed by atoms with E-state index in [4.69, 9.17) is 8.85 Å². The van der Waals surface area contributed by atoms with Crippen LogP contribution in [-0.2, 0) is 0 Å². The molecule has 1 N–H and O–H groups in total.